The fourth-order valence-electron chi connectivity index (χ4n) is 2.10. The van der Waals surface area contributed by atoms with Crippen LogP contribution in [-0.2, 0) is 0 Å². The van der Waals surface area contributed by atoms with Crippen molar-refractivity contribution in [3.8, 4) is 0 Å². The van der Waals surface area contributed by atoms with E-state index < -0.39 is 16.7 Å². The Morgan fingerprint density at radius 3 is 2.20 bits per heavy atom. The van der Waals surface area contributed by atoms with Crippen LogP contribution in [0.15, 0.2) is 42.5 Å². The number of nitrogens with one attached hydrogen (secondary N) is 2. The molecule has 25 heavy (non-hydrogen) atoms. The van der Waals surface area contributed by atoms with Crippen molar-refractivity contribution in [2.24, 2.45) is 0 Å². The summed E-state index contributed by atoms with van der Waals surface area (Å²) in [4.78, 5) is 36.4. The lowest BCUT2D eigenvalue weighted by Gasteiger charge is -2.17. The van der Waals surface area contributed by atoms with Gasteiger partial charge >= 0.3 is 0 Å². The summed E-state index contributed by atoms with van der Waals surface area (Å²) in [6.45, 7) is 0. The molecule has 0 spiro atoms. The van der Waals surface area contributed by atoms with Crippen LogP contribution in [0.3, 0.4) is 0 Å². The lowest BCUT2D eigenvalue weighted by atomic mass is 10.1. The van der Waals surface area contributed by atoms with E-state index in [1.54, 1.807) is 37.2 Å². The monoisotopic (exact) mass is 362 g/mol. The number of nitrogens with zero attached hydrogens (tertiary/aromatic N) is 2. The minimum atomic E-state index is -0.687. The minimum absolute atomic E-state index is 0.0543. The summed E-state index contributed by atoms with van der Waals surface area (Å²) in [5.41, 5.74) is 4.97. The maximum Gasteiger partial charge on any atom is 0.272 e. The quantitative estimate of drug-likeness (QED) is 0.641. The number of non-ortho nitro benzene ring substituents is 1. The van der Waals surface area contributed by atoms with Gasteiger partial charge in [-0.3, -0.25) is 30.6 Å². The number of nitro benzene ring substituents is 1. The zero-order valence-corrected chi connectivity index (χ0v) is 14.2. The molecule has 0 atom stereocenters. The molecule has 0 fully saturated rings. The van der Waals surface area contributed by atoms with Gasteiger partial charge in [-0.25, -0.2) is 0 Å². The second kappa shape index (κ2) is 7.63. The minimum Gasteiger partial charge on any atom is -0.377 e. The van der Waals surface area contributed by atoms with Crippen LogP contribution in [0.25, 0.3) is 0 Å². The molecule has 0 aromatic heterocycles. The van der Waals surface area contributed by atoms with E-state index in [0.717, 1.165) is 6.07 Å². The molecule has 2 rings (SSSR count). The molecule has 0 aliphatic carbocycles. The molecule has 0 unspecified atom stereocenters. The van der Waals surface area contributed by atoms with Gasteiger partial charge in [0.05, 0.1) is 21.1 Å². The zero-order valence-electron chi connectivity index (χ0n) is 13.4. The van der Waals surface area contributed by atoms with Crippen LogP contribution in [0.4, 0.5) is 11.4 Å². The standard InChI is InChI=1S/C16H15ClN4O4/c1-20(2)14-8-7-10(21(24)25)9-12(14)16(23)19-18-15(22)11-5-3-4-6-13(11)17/h3-9H,1-2H3,(H,18,22)(H,19,23). The second-order valence-corrected chi connectivity index (χ2v) is 5.65. The maximum atomic E-state index is 12.4. The van der Waals surface area contributed by atoms with Crippen LogP contribution in [0.5, 0.6) is 0 Å². The van der Waals surface area contributed by atoms with Gasteiger partial charge in [-0.2, -0.15) is 0 Å². The van der Waals surface area contributed by atoms with Crippen LogP contribution in [0.2, 0.25) is 5.02 Å². The summed E-state index contributed by atoms with van der Waals surface area (Å²) in [5, 5.41) is 11.2. The summed E-state index contributed by atoms with van der Waals surface area (Å²) < 4.78 is 0. The van der Waals surface area contributed by atoms with Crippen molar-refractivity contribution in [1.82, 2.24) is 10.9 Å². The van der Waals surface area contributed by atoms with E-state index in [1.807, 2.05) is 0 Å². The molecule has 8 nitrogen and oxygen atoms in total. The van der Waals surface area contributed by atoms with Gasteiger partial charge in [0.1, 0.15) is 0 Å². The molecule has 9 heteroatoms. The van der Waals surface area contributed by atoms with Gasteiger partial charge in [0.25, 0.3) is 17.5 Å². The van der Waals surface area contributed by atoms with Crippen LogP contribution in [0, 0.1) is 10.1 Å². The van der Waals surface area contributed by atoms with Crippen LogP contribution in [-0.4, -0.2) is 30.8 Å². The molecular weight excluding hydrogens is 348 g/mol. The first-order valence-electron chi connectivity index (χ1n) is 7.12. The number of amides is 2. The predicted octanol–water partition coefficient (Wildman–Crippen LogP) is 2.39. The van der Waals surface area contributed by atoms with Crippen molar-refractivity contribution in [3.05, 3.63) is 68.7 Å². The topological polar surface area (TPSA) is 105 Å². The third-order valence-corrected chi connectivity index (χ3v) is 3.66. The predicted molar refractivity (Wildman–Crippen MR) is 93.8 cm³/mol. The number of carbonyl (C=O) groups is 2. The Hall–Kier alpha value is -3.13. The molecule has 0 bridgehead atoms. The van der Waals surface area contributed by atoms with Crippen LogP contribution < -0.4 is 15.8 Å². The van der Waals surface area contributed by atoms with Crippen molar-refractivity contribution >= 4 is 34.8 Å². The molecule has 130 valence electrons. The molecule has 0 radical (unpaired) electrons. The SMILES string of the molecule is CN(C)c1ccc([N+](=O)[O-])cc1C(=O)NNC(=O)c1ccccc1Cl. The largest absolute Gasteiger partial charge is 0.377 e. The first kappa shape index (κ1) is 18.2. The fraction of sp³-hybridized carbons (Fsp3) is 0.125. The average Bonchev–Trinajstić information content (AvgIpc) is 2.59. The molecule has 0 aliphatic rings. The number of hydrogen-bond acceptors (Lipinski definition) is 5. The highest BCUT2D eigenvalue weighted by molar-refractivity contribution is 6.33. The van der Waals surface area contributed by atoms with Crippen molar-refractivity contribution in [3.63, 3.8) is 0 Å². The maximum absolute atomic E-state index is 12.4. The van der Waals surface area contributed by atoms with Gasteiger partial charge in [-0.05, 0) is 18.2 Å². The third kappa shape index (κ3) is 4.24. The van der Waals surface area contributed by atoms with E-state index in [4.69, 9.17) is 11.6 Å². The van der Waals surface area contributed by atoms with Crippen LogP contribution in [0.1, 0.15) is 20.7 Å². The molecule has 0 saturated carbocycles. The number of rotatable bonds is 4. The number of anilines is 1. The van der Waals surface area contributed by atoms with Gasteiger partial charge < -0.3 is 4.90 Å². The smallest absolute Gasteiger partial charge is 0.272 e. The van der Waals surface area contributed by atoms with E-state index in [1.165, 1.54) is 18.2 Å². The molecule has 0 aliphatic heterocycles. The Labute approximate surface area is 148 Å². The number of halogens is 1. The van der Waals surface area contributed by atoms with E-state index in [9.17, 15) is 19.7 Å². The van der Waals surface area contributed by atoms with E-state index in [0.29, 0.717) is 5.69 Å². The Morgan fingerprint density at radius 1 is 1.04 bits per heavy atom. The van der Waals surface area contributed by atoms with Crippen molar-refractivity contribution in [2.75, 3.05) is 19.0 Å². The summed E-state index contributed by atoms with van der Waals surface area (Å²) in [7, 11) is 3.39. The molecule has 2 aromatic rings. The van der Waals surface area contributed by atoms with Crippen molar-refractivity contribution < 1.29 is 14.5 Å². The molecule has 2 aromatic carbocycles. The Balaban J connectivity index is 2.20. The summed E-state index contributed by atoms with van der Waals surface area (Å²) >= 11 is 5.92. The van der Waals surface area contributed by atoms with Crippen molar-refractivity contribution in [2.45, 2.75) is 0 Å². The number of nitro groups is 1. The van der Waals surface area contributed by atoms with Gasteiger partial charge in [0.15, 0.2) is 0 Å². The summed E-state index contributed by atoms with van der Waals surface area (Å²) in [6, 6.07) is 10.3. The lowest BCUT2D eigenvalue weighted by molar-refractivity contribution is -0.384. The lowest BCUT2D eigenvalue weighted by Crippen LogP contribution is -2.42. The van der Waals surface area contributed by atoms with Gasteiger partial charge in [0, 0.05) is 31.9 Å². The normalized spacial score (nSPS) is 10.0. The highest BCUT2D eigenvalue weighted by Crippen LogP contribution is 2.24. The molecule has 0 saturated heterocycles. The second-order valence-electron chi connectivity index (χ2n) is 5.24. The first-order valence-corrected chi connectivity index (χ1v) is 7.50. The number of benzene rings is 2. The van der Waals surface area contributed by atoms with E-state index in [-0.39, 0.29) is 21.8 Å². The van der Waals surface area contributed by atoms with Gasteiger partial charge in [-0.1, -0.05) is 23.7 Å². The van der Waals surface area contributed by atoms with Gasteiger partial charge in [0.2, 0.25) is 0 Å². The zero-order chi connectivity index (χ0) is 18.6. The van der Waals surface area contributed by atoms with E-state index >= 15 is 0 Å². The number of hydrogen-bond donors (Lipinski definition) is 2. The molecule has 0 heterocycles. The van der Waals surface area contributed by atoms with Crippen molar-refractivity contribution in [1.29, 1.82) is 0 Å². The highest BCUT2D eigenvalue weighted by Gasteiger charge is 2.19. The van der Waals surface area contributed by atoms with Crippen LogP contribution >= 0.6 is 11.6 Å². The Morgan fingerprint density at radius 2 is 1.64 bits per heavy atom. The van der Waals surface area contributed by atoms with E-state index in [2.05, 4.69) is 10.9 Å². The van der Waals surface area contributed by atoms with Gasteiger partial charge in [-0.15, -0.1) is 0 Å². The Bertz CT molecular complexity index is 839. The Kier molecular flexibility index (Phi) is 5.56. The molecular formula is C16H15ClN4O4. The fourth-order valence-corrected chi connectivity index (χ4v) is 2.32. The molecule has 2 amide bonds. The summed E-state index contributed by atoms with van der Waals surface area (Å²) in [6.07, 6.45) is 0. The average molecular weight is 363 g/mol. The molecule has 2 N–H and O–H groups in total. The first-order chi connectivity index (χ1) is 11.8. The number of carbonyl (C=O) groups excluding carboxylic acids is 2. The third-order valence-electron chi connectivity index (χ3n) is 3.33. The highest BCUT2D eigenvalue weighted by atomic mass is 35.5. The number of hydrazine groups is 1. The summed E-state index contributed by atoms with van der Waals surface area (Å²) in [5.74, 6) is -1.29.